The normalized spacial score (nSPS) is 14.3. The van der Waals surface area contributed by atoms with Crippen molar-refractivity contribution in [2.24, 2.45) is 5.73 Å². The summed E-state index contributed by atoms with van der Waals surface area (Å²) in [6.45, 7) is 2.00. The first-order valence-corrected chi connectivity index (χ1v) is 7.78. The molecule has 0 bridgehead atoms. The molecule has 1 aliphatic rings. The maximum atomic E-state index is 11.7. The van der Waals surface area contributed by atoms with Gasteiger partial charge in [0.15, 0.2) is 5.16 Å². The van der Waals surface area contributed by atoms with Crippen molar-refractivity contribution in [2.45, 2.75) is 36.7 Å². The van der Waals surface area contributed by atoms with Crippen molar-refractivity contribution in [1.82, 2.24) is 14.8 Å². The Morgan fingerprint density at radius 1 is 1.57 bits per heavy atom. The molecule has 1 aliphatic carbocycles. The van der Waals surface area contributed by atoms with Crippen LogP contribution >= 0.6 is 11.8 Å². The van der Waals surface area contributed by atoms with Crippen LogP contribution < -0.4 is 11.4 Å². The van der Waals surface area contributed by atoms with Gasteiger partial charge in [-0.25, -0.2) is 9.89 Å². The Hall–Kier alpha value is -2.02. The fraction of sp³-hybridized carbons (Fsp3) is 0.357. The largest absolute Gasteiger partial charge is 0.384 e. The number of benzene rings is 1. The summed E-state index contributed by atoms with van der Waals surface area (Å²) in [6.07, 6.45) is 2.11. The second kappa shape index (κ2) is 5.40. The zero-order valence-electron chi connectivity index (χ0n) is 11.7. The molecule has 1 heterocycles. The lowest BCUT2D eigenvalue weighted by atomic mass is 10.1. The molecule has 4 N–H and O–H groups in total. The second-order valence-corrected chi connectivity index (χ2v) is 6.20. The minimum absolute atomic E-state index is 0.0761. The molecule has 0 spiro atoms. The van der Waals surface area contributed by atoms with Crippen LogP contribution in [0.25, 0.3) is 0 Å². The van der Waals surface area contributed by atoms with Crippen molar-refractivity contribution >= 4 is 17.6 Å². The highest BCUT2D eigenvalue weighted by Gasteiger charge is 2.28. The number of nitrogens with one attached hydrogen (secondary N) is 2. The molecule has 7 heteroatoms. The molecule has 1 aromatic carbocycles. The molecule has 3 rings (SSSR count). The number of nitrogens with zero attached hydrogens (tertiary/aromatic N) is 2. The number of hydrogen-bond acceptors (Lipinski definition) is 4. The van der Waals surface area contributed by atoms with Crippen LogP contribution in [0.4, 0.5) is 0 Å². The lowest BCUT2D eigenvalue weighted by Gasteiger charge is -2.08. The Labute approximate surface area is 126 Å². The average molecular weight is 303 g/mol. The van der Waals surface area contributed by atoms with E-state index < -0.39 is 0 Å². The molecule has 0 saturated heterocycles. The number of aryl methyl sites for hydroxylation is 1. The Kier molecular flexibility index (Phi) is 3.59. The summed E-state index contributed by atoms with van der Waals surface area (Å²) < 4.78 is 1.75. The Balaban J connectivity index is 1.76. The number of hydrogen-bond donors (Lipinski definition) is 3. The van der Waals surface area contributed by atoms with Crippen molar-refractivity contribution in [1.29, 1.82) is 5.41 Å². The average Bonchev–Trinajstić information content (AvgIpc) is 3.21. The highest BCUT2D eigenvalue weighted by atomic mass is 32.2. The van der Waals surface area contributed by atoms with Gasteiger partial charge in [0.1, 0.15) is 5.84 Å². The van der Waals surface area contributed by atoms with Crippen LogP contribution in [-0.2, 0) is 5.75 Å². The minimum Gasteiger partial charge on any atom is -0.384 e. The van der Waals surface area contributed by atoms with Crippen molar-refractivity contribution < 1.29 is 0 Å². The number of nitrogens with two attached hydrogens (primary N) is 1. The van der Waals surface area contributed by atoms with E-state index in [0.29, 0.717) is 6.04 Å². The molecule has 1 saturated carbocycles. The van der Waals surface area contributed by atoms with Gasteiger partial charge in [0.05, 0.1) is 0 Å². The molecule has 0 aliphatic heterocycles. The van der Waals surface area contributed by atoms with E-state index in [0.717, 1.165) is 40.4 Å². The third-order valence-electron chi connectivity index (χ3n) is 3.59. The molecule has 0 radical (unpaired) electrons. The fourth-order valence-electron chi connectivity index (χ4n) is 2.21. The number of nitrogen functional groups attached to an aromatic ring is 1. The molecule has 0 unspecified atom stereocenters. The summed E-state index contributed by atoms with van der Waals surface area (Å²) in [4.78, 5) is 11.7. The van der Waals surface area contributed by atoms with Gasteiger partial charge in [-0.2, -0.15) is 0 Å². The van der Waals surface area contributed by atoms with E-state index in [1.807, 2.05) is 25.1 Å². The van der Waals surface area contributed by atoms with Crippen molar-refractivity contribution in [3.63, 3.8) is 0 Å². The van der Waals surface area contributed by atoms with Gasteiger partial charge in [0.25, 0.3) is 0 Å². The van der Waals surface area contributed by atoms with Crippen LogP contribution in [0, 0.1) is 12.3 Å². The summed E-state index contributed by atoms with van der Waals surface area (Å²) >= 11 is 1.55. The quantitative estimate of drug-likeness (QED) is 0.445. The number of amidine groups is 1. The molecule has 6 nitrogen and oxygen atoms in total. The van der Waals surface area contributed by atoms with Gasteiger partial charge in [-0.3, -0.25) is 9.98 Å². The van der Waals surface area contributed by atoms with Crippen LogP contribution in [0.5, 0.6) is 0 Å². The molecular formula is C14H17N5OS. The molecule has 2 aromatic rings. The maximum absolute atomic E-state index is 11.7. The van der Waals surface area contributed by atoms with E-state index in [9.17, 15) is 4.79 Å². The van der Waals surface area contributed by atoms with E-state index in [-0.39, 0.29) is 11.5 Å². The topological polar surface area (TPSA) is 101 Å². The van der Waals surface area contributed by atoms with E-state index in [1.165, 1.54) is 0 Å². The van der Waals surface area contributed by atoms with Crippen molar-refractivity contribution in [2.75, 3.05) is 0 Å². The molecule has 0 atom stereocenters. The third kappa shape index (κ3) is 2.87. The highest BCUT2D eigenvalue weighted by molar-refractivity contribution is 7.98. The van der Waals surface area contributed by atoms with E-state index in [2.05, 4.69) is 10.2 Å². The first-order chi connectivity index (χ1) is 10.1. The van der Waals surface area contributed by atoms with Gasteiger partial charge in [-0.15, -0.1) is 5.10 Å². The predicted molar refractivity (Wildman–Crippen MR) is 82.9 cm³/mol. The van der Waals surface area contributed by atoms with Crippen LogP contribution in [0.3, 0.4) is 0 Å². The lowest BCUT2D eigenvalue weighted by molar-refractivity contribution is 0.642. The minimum atomic E-state index is -0.122. The summed E-state index contributed by atoms with van der Waals surface area (Å²) in [7, 11) is 0. The van der Waals surface area contributed by atoms with E-state index >= 15 is 0 Å². The number of H-pyrrole nitrogens is 1. The zero-order chi connectivity index (χ0) is 15.0. The van der Waals surface area contributed by atoms with Gasteiger partial charge >= 0.3 is 5.69 Å². The molecular weight excluding hydrogens is 286 g/mol. The Morgan fingerprint density at radius 3 is 2.95 bits per heavy atom. The van der Waals surface area contributed by atoms with Gasteiger partial charge in [0.2, 0.25) is 0 Å². The van der Waals surface area contributed by atoms with E-state index in [4.69, 9.17) is 11.1 Å². The monoisotopic (exact) mass is 303 g/mol. The van der Waals surface area contributed by atoms with Crippen LogP contribution in [-0.4, -0.2) is 20.6 Å². The van der Waals surface area contributed by atoms with Crippen LogP contribution in [0.2, 0.25) is 0 Å². The number of thioether (sulfide) groups is 1. The summed E-state index contributed by atoms with van der Waals surface area (Å²) in [5.74, 6) is 0.813. The smallest absolute Gasteiger partial charge is 0.344 e. The number of aromatic nitrogens is 3. The molecule has 0 amide bonds. The standard InChI is InChI=1S/C14H17N5OS/c1-8-6-9(12(15)16)2-3-10(8)7-21-14-18-17-13(20)19(14)11-4-5-11/h2-3,6,11H,4-5,7H2,1H3,(H3,15,16)(H,17,20). The number of aromatic amines is 1. The van der Waals surface area contributed by atoms with Crippen molar-refractivity contribution in [3.8, 4) is 0 Å². The molecule has 110 valence electrons. The highest BCUT2D eigenvalue weighted by Crippen LogP contribution is 2.36. The molecule has 21 heavy (non-hydrogen) atoms. The molecule has 1 fully saturated rings. The summed E-state index contributed by atoms with van der Waals surface area (Å²) in [5.41, 5.74) is 8.34. The van der Waals surface area contributed by atoms with Gasteiger partial charge in [0, 0.05) is 17.4 Å². The fourth-order valence-corrected chi connectivity index (χ4v) is 3.30. The molecule has 1 aromatic heterocycles. The lowest BCUT2D eigenvalue weighted by Crippen LogP contribution is -2.16. The van der Waals surface area contributed by atoms with E-state index in [1.54, 1.807) is 16.3 Å². The maximum Gasteiger partial charge on any atom is 0.344 e. The summed E-state index contributed by atoms with van der Waals surface area (Å²) in [6, 6.07) is 6.06. The SMILES string of the molecule is Cc1cc(C(=N)N)ccc1CSc1n[nH]c(=O)n1C1CC1. The van der Waals surface area contributed by atoms with Gasteiger partial charge in [-0.1, -0.05) is 23.9 Å². The Morgan fingerprint density at radius 2 is 2.33 bits per heavy atom. The number of rotatable bonds is 5. The zero-order valence-corrected chi connectivity index (χ0v) is 12.5. The van der Waals surface area contributed by atoms with Crippen molar-refractivity contribution in [3.05, 3.63) is 45.4 Å². The first-order valence-electron chi connectivity index (χ1n) is 6.80. The van der Waals surface area contributed by atoms with Crippen LogP contribution in [0.1, 0.15) is 35.6 Å². The second-order valence-electron chi connectivity index (χ2n) is 5.26. The van der Waals surface area contributed by atoms with Gasteiger partial charge in [-0.05, 0) is 37.0 Å². The van der Waals surface area contributed by atoms with Crippen LogP contribution in [0.15, 0.2) is 28.2 Å². The summed E-state index contributed by atoms with van der Waals surface area (Å²) in [5, 5.41) is 14.8. The first kappa shape index (κ1) is 13.9. The third-order valence-corrected chi connectivity index (χ3v) is 4.60. The van der Waals surface area contributed by atoms with Gasteiger partial charge < -0.3 is 5.73 Å². The predicted octanol–water partition coefficient (Wildman–Crippen LogP) is 1.79. The Bertz CT molecular complexity index is 744.